The van der Waals surface area contributed by atoms with Crippen LogP contribution in [0.2, 0.25) is 0 Å². The molecule has 0 aliphatic carbocycles. The maximum Gasteiger partial charge on any atom is 0.323 e. The maximum atomic E-state index is 12.0. The van der Waals surface area contributed by atoms with Crippen molar-refractivity contribution in [2.45, 2.75) is 45.6 Å². The highest BCUT2D eigenvalue weighted by molar-refractivity contribution is 5.76. The predicted molar refractivity (Wildman–Crippen MR) is 71.6 cm³/mol. The molecule has 0 aromatic rings. The van der Waals surface area contributed by atoms with E-state index in [0.29, 0.717) is 13.2 Å². The summed E-state index contributed by atoms with van der Waals surface area (Å²) in [5.74, 6) is -0.466. The number of carbonyl (C=O) groups excluding carboxylic acids is 2. The number of methoxy groups -OCH3 is 1. The molecule has 5 heteroatoms. The Labute approximate surface area is 115 Å². The zero-order chi connectivity index (χ0) is 14.3. The van der Waals surface area contributed by atoms with Crippen molar-refractivity contribution in [1.82, 2.24) is 4.90 Å². The van der Waals surface area contributed by atoms with E-state index in [9.17, 15) is 9.59 Å². The van der Waals surface area contributed by atoms with Gasteiger partial charge in [0.25, 0.3) is 0 Å². The van der Waals surface area contributed by atoms with Crippen LogP contribution in [0.5, 0.6) is 0 Å². The first kappa shape index (κ1) is 16.0. The van der Waals surface area contributed by atoms with Gasteiger partial charge >= 0.3 is 11.9 Å². The Balaban J connectivity index is 2.67. The molecule has 0 aromatic carbocycles. The summed E-state index contributed by atoms with van der Waals surface area (Å²) in [4.78, 5) is 25.7. The van der Waals surface area contributed by atoms with Crippen molar-refractivity contribution < 1.29 is 19.1 Å². The van der Waals surface area contributed by atoms with Crippen LogP contribution in [0.25, 0.3) is 0 Å². The van der Waals surface area contributed by atoms with Crippen LogP contribution < -0.4 is 0 Å². The molecule has 1 heterocycles. The number of esters is 2. The molecule has 0 spiro atoms. The summed E-state index contributed by atoms with van der Waals surface area (Å²) < 4.78 is 9.94. The summed E-state index contributed by atoms with van der Waals surface area (Å²) >= 11 is 0. The Morgan fingerprint density at radius 1 is 1.37 bits per heavy atom. The van der Waals surface area contributed by atoms with Gasteiger partial charge in [0.15, 0.2) is 0 Å². The van der Waals surface area contributed by atoms with Crippen molar-refractivity contribution in [2.24, 2.45) is 5.92 Å². The summed E-state index contributed by atoms with van der Waals surface area (Å²) in [5.41, 5.74) is 0. The molecule has 1 saturated heterocycles. The van der Waals surface area contributed by atoms with E-state index in [1.54, 1.807) is 0 Å². The van der Waals surface area contributed by atoms with E-state index in [0.717, 1.165) is 32.2 Å². The van der Waals surface area contributed by atoms with Gasteiger partial charge in [-0.2, -0.15) is 0 Å². The Hall–Kier alpha value is -1.10. The zero-order valence-electron chi connectivity index (χ0n) is 12.2. The van der Waals surface area contributed by atoms with Crippen molar-refractivity contribution in [3.63, 3.8) is 0 Å². The monoisotopic (exact) mass is 271 g/mol. The van der Waals surface area contributed by atoms with Crippen LogP contribution in [0, 0.1) is 5.92 Å². The molecule has 1 fully saturated rings. The van der Waals surface area contributed by atoms with E-state index in [4.69, 9.17) is 9.47 Å². The Kier molecular flexibility index (Phi) is 6.84. The fourth-order valence-corrected chi connectivity index (χ4v) is 2.61. The molecule has 0 N–H and O–H groups in total. The standard InChI is InChI=1S/C14H25NO4/c1-4-7-12(14(17)19-5-2)15-9-6-8-11(10-15)13(16)18-3/h11-12H,4-10H2,1-3H3. The average molecular weight is 271 g/mol. The lowest BCUT2D eigenvalue weighted by molar-refractivity contribution is -0.154. The molecule has 5 nitrogen and oxygen atoms in total. The molecule has 1 rings (SSSR count). The molecular formula is C14H25NO4. The van der Waals surface area contributed by atoms with E-state index >= 15 is 0 Å². The number of likely N-dealkylation sites (tertiary alicyclic amines) is 1. The van der Waals surface area contributed by atoms with E-state index < -0.39 is 0 Å². The Bertz CT molecular complexity index is 306. The van der Waals surface area contributed by atoms with E-state index in [2.05, 4.69) is 4.90 Å². The van der Waals surface area contributed by atoms with Gasteiger partial charge in [-0.25, -0.2) is 0 Å². The number of carbonyl (C=O) groups is 2. The first-order chi connectivity index (χ1) is 9.13. The third-order valence-electron chi connectivity index (χ3n) is 3.55. The number of piperidine rings is 1. The molecule has 1 aliphatic rings. The SMILES string of the molecule is CCCC(C(=O)OCC)N1CCCC(C(=O)OC)C1. The highest BCUT2D eigenvalue weighted by Gasteiger charge is 2.33. The summed E-state index contributed by atoms with van der Waals surface area (Å²) in [6.45, 7) is 5.70. The van der Waals surface area contributed by atoms with Crippen LogP contribution in [-0.2, 0) is 19.1 Å². The van der Waals surface area contributed by atoms with Crippen LogP contribution in [0.1, 0.15) is 39.5 Å². The van der Waals surface area contributed by atoms with Crippen LogP contribution in [0.3, 0.4) is 0 Å². The van der Waals surface area contributed by atoms with Gasteiger partial charge in [-0.05, 0) is 32.7 Å². The van der Waals surface area contributed by atoms with Gasteiger partial charge in [-0.15, -0.1) is 0 Å². The minimum Gasteiger partial charge on any atom is -0.469 e. The van der Waals surface area contributed by atoms with Crippen molar-refractivity contribution in [3.8, 4) is 0 Å². The molecule has 2 atom stereocenters. The average Bonchev–Trinajstić information content (AvgIpc) is 2.44. The second-order valence-corrected chi connectivity index (χ2v) is 4.91. The van der Waals surface area contributed by atoms with Crippen LogP contribution >= 0.6 is 0 Å². The maximum absolute atomic E-state index is 12.0. The van der Waals surface area contributed by atoms with Gasteiger partial charge in [0.1, 0.15) is 6.04 Å². The minimum atomic E-state index is -0.225. The number of ether oxygens (including phenoxy) is 2. The van der Waals surface area contributed by atoms with E-state index in [1.165, 1.54) is 7.11 Å². The van der Waals surface area contributed by atoms with Gasteiger partial charge in [-0.3, -0.25) is 14.5 Å². The fourth-order valence-electron chi connectivity index (χ4n) is 2.61. The van der Waals surface area contributed by atoms with E-state index in [-0.39, 0.29) is 23.9 Å². The lowest BCUT2D eigenvalue weighted by Gasteiger charge is -2.35. The molecule has 2 unspecified atom stereocenters. The van der Waals surface area contributed by atoms with Crippen molar-refractivity contribution in [2.75, 3.05) is 26.8 Å². The lowest BCUT2D eigenvalue weighted by atomic mass is 9.96. The molecule has 0 saturated carbocycles. The van der Waals surface area contributed by atoms with Gasteiger partial charge in [0.2, 0.25) is 0 Å². The van der Waals surface area contributed by atoms with Crippen molar-refractivity contribution >= 4 is 11.9 Å². The largest absolute Gasteiger partial charge is 0.469 e. The molecule has 0 aromatic heterocycles. The first-order valence-corrected chi connectivity index (χ1v) is 7.12. The van der Waals surface area contributed by atoms with Gasteiger partial charge in [-0.1, -0.05) is 13.3 Å². The molecule has 110 valence electrons. The number of nitrogens with zero attached hydrogens (tertiary/aromatic N) is 1. The van der Waals surface area contributed by atoms with Crippen molar-refractivity contribution in [1.29, 1.82) is 0 Å². The number of hydrogen-bond donors (Lipinski definition) is 0. The third-order valence-corrected chi connectivity index (χ3v) is 3.55. The molecule has 0 bridgehead atoms. The molecule has 19 heavy (non-hydrogen) atoms. The Morgan fingerprint density at radius 3 is 2.68 bits per heavy atom. The van der Waals surface area contributed by atoms with Crippen LogP contribution in [-0.4, -0.2) is 49.7 Å². The summed E-state index contributed by atoms with van der Waals surface area (Å²) in [6.07, 6.45) is 3.44. The molecule has 1 aliphatic heterocycles. The van der Waals surface area contributed by atoms with Crippen LogP contribution in [0.15, 0.2) is 0 Å². The first-order valence-electron chi connectivity index (χ1n) is 7.12. The van der Waals surface area contributed by atoms with Gasteiger partial charge in [0.05, 0.1) is 19.6 Å². The van der Waals surface area contributed by atoms with Crippen molar-refractivity contribution in [3.05, 3.63) is 0 Å². The highest BCUT2D eigenvalue weighted by Crippen LogP contribution is 2.22. The topological polar surface area (TPSA) is 55.8 Å². The minimum absolute atomic E-state index is 0.118. The third kappa shape index (κ3) is 4.49. The van der Waals surface area contributed by atoms with Gasteiger partial charge < -0.3 is 9.47 Å². The predicted octanol–water partition coefficient (Wildman–Crippen LogP) is 1.60. The normalized spacial score (nSPS) is 21.7. The molecule has 0 amide bonds. The number of rotatable bonds is 6. The summed E-state index contributed by atoms with van der Waals surface area (Å²) in [6, 6.07) is -0.225. The van der Waals surface area contributed by atoms with Gasteiger partial charge in [0, 0.05) is 6.54 Å². The second kappa shape index (κ2) is 8.15. The zero-order valence-corrected chi connectivity index (χ0v) is 12.2. The van der Waals surface area contributed by atoms with Crippen LogP contribution in [0.4, 0.5) is 0 Å². The number of hydrogen-bond acceptors (Lipinski definition) is 5. The smallest absolute Gasteiger partial charge is 0.323 e. The van der Waals surface area contributed by atoms with E-state index in [1.807, 2.05) is 13.8 Å². The highest BCUT2D eigenvalue weighted by atomic mass is 16.5. The summed E-state index contributed by atoms with van der Waals surface area (Å²) in [7, 11) is 1.41. The second-order valence-electron chi connectivity index (χ2n) is 4.91. The quantitative estimate of drug-likeness (QED) is 0.687. The fraction of sp³-hybridized carbons (Fsp3) is 0.857. The molecule has 0 radical (unpaired) electrons. The summed E-state index contributed by atoms with van der Waals surface area (Å²) in [5, 5.41) is 0. The lowest BCUT2D eigenvalue weighted by Crippen LogP contribution is -2.48. The Morgan fingerprint density at radius 2 is 2.11 bits per heavy atom. The molecular weight excluding hydrogens is 246 g/mol.